The predicted molar refractivity (Wildman–Crippen MR) is 44.5 cm³/mol. The number of rotatable bonds is 4. The van der Waals surface area contributed by atoms with E-state index in [0.717, 1.165) is 0 Å². The van der Waals surface area contributed by atoms with Crippen LogP contribution in [-0.4, -0.2) is 25.0 Å². The molecule has 4 heteroatoms. The van der Waals surface area contributed by atoms with Crippen molar-refractivity contribution in [2.24, 2.45) is 0 Å². The molecule has 1 N–H and O–H groups in total. The van der Waals surface area contributed by atoms with E-state index < -0.39 is 11.9 Å². The molecular weight excluding hydrogens is 158 g/mol. The minimum atomic E-state index is -0.835. The van der Waals surface area contributed by atoms with Crippen LogP contribution in [0.25, 0.3) is 0 Å². The van der Waals surface area contributed by atoms with Crippen LogP contribution < -0.4 is 5.32 Å². The second-order valence-electron chi connectivity index (χ2n) is 2.13. The highest BCUT2D eigenvalue weighted by molar-refractivity contribution is 6.32. The normalized spacial score (nSPS) is 8.75. The first-order valence-electron chi connectivity index (χ1n) is 3.78. The molecular formula is C8H13NO3. The van der Waals surface area contributed by atoms with Gasteiger partial charge in [-0.3, -0.25) is 4.79 Å². The quantitative estimate of drug-likeness (QED) is 0.374. The molecule has 68 valence electrons. The second-order valence-corrected chi connectivity index (χ2v) is 2.13. The van der Waals surface area contributed by atoms with E-state index in [1.165, 1.54) is 6.08 Å². The SMILES string of the molecule is C=CCNC(=O)C(=O)OCCC. The Labute approximate surface area is 71.6 Å². The van der Waals surface area contributed by atoms with Gasteiger partial charge in [0.2, 0.25) is 0 Å². The van der Waals surface area contributed by atoms with Gasteiger partial charge in [0, 0.05) is 6.54 Å². The van der Waals surface area contributed by atoms with Crippen molar-refractivity contribution in [1.82, 2.24) is 5.32 Å². The Hall–Kier alpha value is -1.32. The van der Waals surface area contributed by atoms with Crippen molar-refractivity contribution < 1.29 is 14.3 Å². The molecule has 4 nitrogen and oxygen atoms in total. The van der Waals surface area contributed by atoms with Gasteiger partial charge in [-0.25, -0.2) is 4.79 Å². The largest absolute Gasteiger partial charge is 0.459 e. The van der Waals surface area contributed by atoms with Gasteiger partial charge in [-0.2, -0.15) is 0 Å². The highest BCUT2D eigenvalue weighted by Gasteiger charge is 2.12. The molecule has 0 heterocycles. The molecule has 0 aromatic heterocycles. The number of ether oxygens (including phenoxy) is 1. The van der Waals surface area contributed by atoms with E-state index in [0.29, 0.717) is 6.42 Å². The van der Waals surface area contributed by atoms with Crippen molar-refractivity contribution >= 4 is 11.9 Å². The first kappa shape index (κ1) is 10.7. The zero-order chi connectivity index (χ0) is 9.40. The topological polar surface area (TPSA) is 55.4 Å². The smallest absolute Gasteiger partial charge is 0.396 e. The Morgan fingerprint density at radius 3 is 2.75 bits per heavy atom. The van der Waals surface area contributed by atoms with E-state index in [4.69, 9.17) is 0 Å². The number of carbonyl (C=O) groups is 2. The van der Waals surface area contributed by atoms with Gasteiger partial charge in [-0.1, -0.05) is 13.0 Å². The number of amides is 1. The van der Waals surface area contributed by atoms with Crippen LogP contribution in [0.2, 0.25) is 0 Å². The van der Waals surface area contributed by atoms with E-state index in [-0.39, 0.29) is 13.2 Å². The highest BCUT2D eigenvalue weighted by Crippen LogP contribution is 1.82. The van der Waals surface area contributed by atoms with Crippen molar-refractivity contribution in [1.29, 1.82) is 0 Å². The minimum Gasteiger partial charge on any atom is -0.459 e. The van der Waals surface area contributed by atoms with Gasteiger partial charge in [-0.05, 0) is 6.42 Å². The van der Waals surface area contributed by atoms with Gasteiger partial charge in [0.05, 0.1) is 6.61 Å². The van der Waals surface area contributed by atoms with Gasteiger partial charge in [0.25, 0.3) is 0 Å². The average Bonchev–Trinajstić information content (AvgIpc) is 2.10. The van der Waals surface area contributed by atoms with Gasteiger partial charge in [0.15, 0.2) is 0 Å². The molecule has 0 aromatic carbocycles. The summed E-state index contributed by atoms with van der Waals surface area (Å²) in [5.41, 5.74) is 0. The standard InChI is InChI=1S/C8H13NO3/c1-3-5-9-7(10)8(11)12-6-4-2/h3H,1,4-6H2,2H3,(H,9,10). The fourth-order valence-corrected chi connectivity index (χ4v) is 0.497. The van der Waals surface area contributed by atoms with E-state index >= 15 is 0 Å². The number of hydrogen-bond acceptors (Lipinski definition) is 3. The summed E-state index contributed by atoms with van der Waals surface area (Å²) < 4.78 is 4.56. The number of nitrogens with one attached hydrogen (secondary N) is 1. The van der Waals surface area contributed by atoms with Crippen LogP contribution in [0, 0.1) is 0 Å². The predicted octanol–water partition coefficient (Wildman–Crippen LogP) is 0.242. The molecule has 0 unspecified atom stereocenters. The van der Waals surface area contributed by atoms with Gasteiger partial charge in [-0.15, -0.1) is 6.58 Å². The Morgan fingerprint density at radius 2 is 2.25 bits per heavy atom. The maximum absolute atomic E-state index is 10.8. The number of hydrogen-bond donors (Lipinski definition) is 1. The molecule has 0 bridgehead atoms. The average molecular weight is 171 g/mol. The molecule has 0 aliphatic carbocycles. The van der Waals surface area contributed by atoms with E-state index in [1.807, 2.05) is 6.92 Å². The summed E-state index contributed by atoms with van der Waals surface area (Å²) in [6.45, 7) is 5.80. The van der Waals surface area contributed by atoms with Gasteiger partial charge < -0.3 is 10.1 Å². The van der Waals surface area contributed by atoms with Crippen LogP contribution in [0.1, 0.15) is 13.3 Å². The second kappa shape index (κ2) is 6.39. The molecule has 0 aromatic rings. The third-order valence-electron chi connectivity index (χ3n) is 1.03. The molecule has 0 aliphatic heterocycles. The fraction of sp³-hybridized carbons (Fsp3) is 0.500. The molecule has 12 heavy (non-hydrogen) atoms. The zero-order valence-corrected chi connectivity index (χ0v) is 7.13. The third kappa shape index (κ3) is 4.49. The summed E-state index contributed by atoms with van der Waals surface area (Å²) in [6.07, 6.45) is 2.20. The van der Waals surface area contributed by atoms with Crippen LogP contribution in [0.15, 0.2) is 12.7 Å². The van der Waals surface area contributed by atoms with Crippen LogP contribution in [0.4, 0.5) is 0 Å². The Balaban J connectivity index is 3.61. The van der Waals surface area contributed by atoms with E-state index in [2.05, 4.69) is 16.6 Å². The summed E-state index contributed by atoms with van der Waals surface area (Å²) in [6, 6.07) is 0. The maximum atomic E-state index is 10.8. The third-order valence-corrected chi connectivity index (χ3v) is 1.03. The fourth-order valence-electron chi connectivity index (χ4n) is 0.497. The summed E-state index contributed by atoms with van der Waals surface area (Å²) in [5, 5.41) is 2.31. The molecule has 0 atom stereocenters. The summed E-state index contributed by atoms with van der Waals surface area (Å²) in [4.78, 5) is 21.5. The molecule has 0 radical (unpaired) electrons. The Morgan fingerprint density at radius 1 is 1.58 bits per heavy atom. The van der Waals surface area contributed by atoms with Crippen molar-refractivity contribution in [2.75, 3.05) is 13.2 Å². The maximum Gasteiger partial charge on any atom is 0.396 e. The minimum absolute atomic E-state index is 0.278. The lowest BCUT2D eigenvalue weighted by Crippen LogP contribution is -2.32. The Bertz CT molecular complexity index is 177. The van der Waals surface area contributed by atoms with Crippen LogP contribution in [0.5, 0.6) is 0 Å². The number of esters is 1. The molecule has 0 rings (SSSR count). The lowest BCUT2D eigenvalue weighted by molar-refractivity contribution is -0.154. The van der Waals surface area contributed by atoms with Crippen LogP contribution in [-0.2, 0) is 14.3 Å². The van der Waals surface area contributed by atoms with Crippen LogP contribution >= 0.6 is 0 Å². The highest BCUT2D eigenvalue weighted by atomic mass is 16.5. The van der Waals surface area contributed by atoms with Crippen molar-refractivity contribution in [3.8, 4) is 0 Å². The van der Waals surface area contributed by atoms with E-state index in [9.17, 15) is 9.59 Å². The first-order valence-corrected chi connectivity index (χ1v) is 3.78. The lowest BCUT2D eigenvalue weighted by atomic mass is 10.5. The lowest BCUT2D eigenvalue weighted by Gasteiger charge is -2.01. The zero-order valence-electron chi connectivity index (χ0n) is 7.13. The number of carbonyl (C=O) groups excluding carboxylic acids is 2. The molecule has 0 saturated heterocycles. The van der Waals surface area contributed by atoms with E-state index in [1.54, 1.807) is 0 Å². The molecule has 0 spiro atoms. The molecule has 0 aliphatic rings. The molecule has 0 fully saturated rings. The molecule has 1 amide bonds. The van der Waals surface area contributed by atoms with Gasteiger partial charge in [0.1, 0.15) is 0 Å². The monoisotopic (exact) mass is 171 g/mol. The van der Waals surface area contributed by atoms with Crippen LogP contribution in [0.3, 0.4) is 0 Å². The van der Waals surface area contributed by atoms with Crippen molar-refractivity contribution in [3.05, 3.63) is 12.7 Å². The van der Waals surface area contributed by atoms with Crippen molar-refractivity contribution in [2.45, 2.75) is 13.3 Å². The summed E-state index contributed by atoms with van der Waals surface area (Å²) >= 11 is 0. The molecule has 0 saturated carbocycles. The summed E-state index contributed by atoms with van der Waals surface area (Å²) in [5.74, 6) is -1.55. The Kier molecular flexibility index (Phi) is 5.69. The summed E-state index contributed by atoms with van der Waals surface area (Å²) in [7, 11) is 0. The first-order chi connectivity index (χ1) is 5.72. The van der Waals surface area contributed by atoms with Crippen molar-refractivity contribution in [3.63, 3.8) is 0 Å². The van der Waals surface area contributed by atoms with Gasteiger partial charge >= 0.3 is 11.9 Å².